The zero-order valence-corrected chi connectivity index (χ0v) is 15.3. The van der Waals surface area contributed by atoms with Gasteiger partial charge in [0.25, 0.3) is 0 Å². The summed E-state index contributed by atoms with van der Waals surface area (Å²) in [5.41, 5.74) is 1.46. The maximum Gasteiger partial charge on any atom is 0.0580 e. The Labute approximate surface area is 138 Å². The van der Waals surface area contributed by atoms with Crippen molar-refractivity contribution in [3.05, 3.63) is 12.2 Å². The molecule has 1 aliphatic heterocycles. The summed E-state index contributed by atoms with van der Waals surface area (Å²) in [6, 6.07) is 0. The van der Waals surface area contributed by atoms with Crippen LogP contribution in [0.1, 0.15) is 85.0 Å². The summed E-state index contributed by atoms with van der Waals surface area (Å²) in [5.74, 6) is 3.41. The number of rotatable bonds is 0. The zero-order valence-electron chi connectivity index (χ0n) is 15.3. The molecule has 0 radical (unpaired) electrons. The molecule has 0 amide bonds. The van der Waals surface area contributed by atoms with Crippen LogP contribution in [0.25, 0.3) is 0 Å². The summed E-state index contributed by atoms with van der Waals surface area (Å²) in [6.45, 7) is 12.5. The van der Waals surface area contributed by atoms with E-state index >= 15 is 0 Å². The van der Waals surface area contributed by atoms with E-state index in [2.05, 4.69) is 27.4 Å². The largest absolute Gasteiger partial charge is 0.378 e. The quantitative estimate of drug-likeness (QED) is 0.472. The molecule has 5 atom stereocenters. The Kier molecular flexibility index (Phi) is 7.47. The van der Waals surface area contributed by atoms with Gasteiger partial charge in [-0.05, 0) is 75.5 Å². The van der Waals surface area contributed by atoms with Gasteiger partial charge in [0.2, 0.25) is 0 Å². The van der Waals surface area contributed by atoms with Crippen LogP contribution in [0, 0.1) is 23.7 Å². The molecule has 22 heavy (non-hydrogen) atoms. The second-order valence-electron chi connectivity index (χ2n) is 8.27. The van der Waals surface area contributed by atoms with Gasteiger partial charge in [0.15, 0.2) is 0 Å². The van der Waals surface area contributed by atoms with Crippen LogP contribution in [0.15, 0.2) is 12.2 Å². The summed E-state index contributed by atoms with van der Waals surface area (Å²) in [5, 5.41) is 0. The minimum absolute atomic E-state index is 0.443. The third-order valence-corrected chi connectivity index (χ3v) is 6.13. The third kappa shape index (κ3) is 5.41. The van der Waals surface area contributed by atoms with Gasteiger partial charge in [-0.1, -0.05) is 45.3 Å². The van der Waals surface area contributed by atoms with Gasteiger partial charge in [-0.25, -0.2) is 0 Å². The first kappa shape index (κ1) is 18.0. The third-order valence-electron chi connectivity index (χ3n) is 6.13. The molecular formula is C21H38O. The Hall–Kier alpha value is -0.300. The molecule has 1 saturated heterocycles. The predicted octanol–water partition coefficient (Wildman–Crippen LogP) is 6.38. The smallest absolute Gasteiger partial charge is 0.0580 e. The monoisotopic (exact) mass is 306 g/mol. The van der Waals surface area contributed by atoms with E-state index in [1.165, 1.54) is 69.8 Å². The first-order chi connectivity index (χ1) is 10.6. The average Bonchev–Trinajstić information content (AvgIpc) is 2.45. The number of hydrogen-bond donors (Lipinski definition) is 0. The number of allylic oxidation sites excluding steroid dienone is 1. The standard InChI is InChI=1S/C21H38O/c1-16-10-6-5-7-12-20-15-17(2)14-18(3)21(20)19(4)22-13-9-8-11-16/h17-21H,1,5-15H2,2-4H3. The SMILES string of the molecule is C=C1CCCCCC2CC(C)CC(C)C2C(C)OCCCC1. The van der Waals surface area contributed by atoms with Crippen molar-refractivity contribution in [2.75, 3.05) is 6.61 Å². The highest BCUT2D eigenvalue weighted by atomic mass is 16.5. The lowest BCUT2D eigenvalue weighted by Crippen LogP contribution is -2.38. The van der Waals surface area contributed by atoms with E-state index in [0.29, 0.717) is 6.10 Å². The Morgan fingerprint density at radius 1 is 0.909 bits per heavy atom. The Morgan fingerprint density at radius 2 is 1.64 bits per heavy atom. The van der Waals surface area contributed by atoms with Crippen LogP contribution in [-0.4, -0.2) is 12.7 Å². The molecule has 5 unspecified atom stereocenters. The molecule has 0 aromatic heterocycles. The fourth-order valence-electron chi connectivity index (χ4n) is 5.12. The van der Waals surface area contributed by atoms with Gasteiger partial charge in [0.05, 0.1) is 6.10 Å². The summed E-state index contributed by atoms with van der Waals surface area (Å²) >= 11 is 0. The lowest BCUT2D eigenvalue weighted by atomic mass is 9.65. The van der Waals surface area contributed by atoms with Crippen LogP contribution >= 0.6 is 0 Å². The fraction of sp³-hybridized carbons (Fsp3) is 0.905. The van der Waals surface area contributed by atoms with Gasteiger partial charge in [-0.3, -0.25) is 0 Å². The second kappa shape index (κ2) is 9.11. The van der Waals surface area contributed by atoms with Gasteiger partial charge in [0, 0.05) is 6.61 Å². The van der Waals surface area contributed by atoms with Crippen LogP contribution < -0.4 is 0 Å². The molecule has 2 fully saturated rings. The number of fused-ring (bicyclic) bond motifs is 1. The molecule has 0 aromatic rings. The van der Waals surface area contributed by atoms with E-state index in [1.54, 1.807) is 0 Å². The van der Waals surface area contributed by atoms with Crippen molar-refractivity contribution in [3.8, 4) is 0 Å². The van der Waals surface area contributed by atoms with Crippen molar-refractivity contribution < 1.29 is 4.74 Å². The normalized spacial score (nSPS) is 39.8. The molecule has 0 aromatic carbocycles. The highest BCUT2D eigenvalue weighted by molar-refractivity contribution is 4.93. The summed E-state index contributed by atoms with van der Waals surface area (Å²) < 4.78 is 6.27. The van der Waals surface area contributed by atoms with E-state index in [1.807, 2.05) is 0 Å². The molecule has 0 bridgehead atoms. The molecule has 1 heterocycles. The minimum atomic E-state index is 0.443. The van der Waals surface area contributed by atoms with Crippen molar-refractivity contribution in [2.24, 2.45) is 23.7 Å². The summed E-state index contributed by atoms with van der Waals surface area (Å²) in [6.07, 6.45) is 13.7. The van der Waals surface area contributed by atoms with Gasteiger partial charge >= 0.3 is 0 Å². The van der Waals surface area contributed by atoms with Gasteiger partial charge < -0.3 is 4.74 Å². The molecule has 2 rings (SSSR count). The fourth-order valence-corrected chi connectivity index (χ4v) is 5.12. The first-order valence-corrected chi connectivity index (χ1v) is 9.86. The van der Waals surface area contributed by atoms with Crippen molar-refractivity contribution in [1.29, 1.82) is 0 Å². The van der Waals surface area contributed by atoms with Gasteiger partial charge in [-0.15, -0.1) is 0 Å². The maximum atomic E-state index is 6.27. The van der Waals surface area contributed by atoms with E-state index in [4.69, 9.17) is 4.74 Å². The number of ether oxygens (including phenoxy) is 1. The number of hydrogen-bond acceptors (Lipinski definition) is 1. The van der Waals surface area contributed by atoms with Crippen LogP contribution in [0.4, 0.5) is 0 Å². The van der Waals surface area contributed by atoms with Crippen molar-refractivity contribution >= 4 is 0 Å². The minimum Gasteiger partial charge on any atom is -0.378 e. The average molecular weight is 307 g/mol. The molecule has 0 spiro atoms. The molecule has 1 saturated carbocycles. The van der Waals surface area contributed by atoms with E-state index in [0.717, 1.165) is 30.3 Å². The van der Waals surface area contributed by atoms with Gasteiger partial charge in [0.1, 0.15) is 0 Å². The topological polar surface area (TPSA) is 9.23 Å². The highest BCUT2D eigenvalue weighted by Gasteiger charge is 2.37. The zero-order chi connectivity index (χ0) is 15.9. The molecule has 0 N–H and O–H groups in total. The summed E-state index contributed by atoms with van der Waals surface area (Å²) in [4.78, 5) is 0. The van der Waals surface area contributed by atoms with Crippen molar-refractivity contribution in [1.82, 2.24) is 0 Å². The Bertz CT molecular complexity index is 335. The van der Waals surface area contributed by atoms with Crippen LogP contribution in [0.2, 0.25) is 0 Å². The molecule has 1 nitrogen and oxygen atoms in total. The maximum absolute atomic E-state index is 6.27. The van der Waals surface area contributed by atoms with Gasteiger partial charge in [-0.2, -0.15) is 0 Å². The molecule has 1 aliphatic carbocycles. The first-order valence-electron chi connectivity index (χ1n) is 9.86. The van der Waals surface area contributed by atoms with Crippen LogP contribution in [-0.2, 0) is 4.74 Å². The van der Waals surface area contributed by atoms with Crippen molar-refractivity contribution in [2.45, 2.75) is 91.1 Å². The molecule has 2 aliphatic rings. The van der Waals surface area contributed by atoms with Crippen LogP contribution in [0.3, 0.4) is 0 Å². The lowest BCUT2D eigenvalue weighted by Gasteiger charge is -2.43. The molecular weight excluding hydrogens is 268 g/mol. The molecule has 1 heteroatoms. The van der Waals surface area contributed by atoms with Crippen LogP contribution in [0.5, 0.6) is 0 Å². The summed E-state index contributed by atoms with van der Waals surface area (Å²) in [7, 11) is 0. The highest BCUT2D eigenvalue weighted by Crippen LogP contribution is 2.43. The second-order valence-corrected chi connectivity index (χ2v) is 8.27. The Balaban J connectivity index is 1.97. The van der Waals surface area contributed by atoms with E-state index in [9.17, 15) is 0 Å². The lowest BCUT2D eigenvalue weighted by molar-refractivity contribution is -0.0428. The van der Waals surface area contributed by atoms with E-state index in [-0.39, 0.29) is 0 Å². The molecule has 128 valence electrons. The Morgan fingerprint density at radius 3 is 2.41 bits per heavy atom. The predicted molar refractivity (Wildman–Crippen MR) is 96.0 cm³/mol. The van der Waals surface area contributed by atoms with E-state index < -0.39 is 0 Å². The van der Waals surface area contributed by atoms with Crippen molar-refractivity contribution in [3.63, 3.8) is 0 Å².